The first kappa shape index (κ1) is 67.0. The molecule has 3 rings (SSSR count). The quantitative estimate of drug-likeness (QED) is 0.0525. The second-order valence-corrected chi connectivity index (χ2v) is 21.1. The first-order chi connectivity index (χ1) is 37.6. The molecule has 20 N–H and O–H groups in total. The number of nitrogens with one attached hydrogen (secondary N) is 10. The lowest BCUT2D eigenvalue weighted by molar-refractivity contribution is -0.136. The van der Waals surface area contributed by atoms with Gasteiger partial charge in [0.25, 0.3) is 0 Å². The van der Waals surface area contributed by atoms with Crippen molar-refractivity contribution in [1.29, 1.82) is 0 Å². The van der Waals surface area contributed by atoms with Crippen molar-refractivity contribution in [2.45, 2.75) is 185 Å². The summed E-state index contributed by atoms with van der Waals surface area (Å²) in [5, 5.41) is 47.1. The summed E-state index contributed by atoms with van der Waals surface area (Å²) in [5.74, 6) is -8.44. The smallest absolute Gasteiger partial charge is 0.245 e. The van der Waals surface area contributed by atoms with Gasteiger partial charge in [0.15, 0.2) is 0 Å². The molecule has 2 fully saturated rings. The minimum absolute atomic E-state index is 0.0622. The third-order valence-corrected chi connectivity index (χ3v) is 14.2. The molecule has 0 bridgehead atoms. The summed E-state index contributed by atoms with van der Waals surface area (Å²) in [6, 6.07) is -4.60. The van der Waals surface area contributed by atoms with Crippen molar-refractivity contribution in [3.8, 4) is 0 Å². The fourth-order valence-corrected chi connectivity index (χ4v) is 9.70. The molecule has 1 aromatic carbocycles. The number of nitrogens with two attached hydrogens (primary N) is 4. The molecule has 1 saturated heterocycles. The second kappa shape index (κ2) is 34.6. The van der Waals surface area contributed by atoms with Gasteiger partial charge in [0.05, 0.1) is 12.2 Å². The van der Waals surface area contributed by atoms with E-state index in [4.69, 9.17) is 22.9 Å². The highest BCUT2D eigenvalue weighted by Gasteiger charge is 2.37. The Morgan fingerprint density at radius 1 is 0.620 bits per heavy atom. The lowest BCUT2D eigenvalue weighted by atomic mass is 9.77. The third-order valence-electron chi connectivity index (χ3n) is 14.2. The van der Waals surface area contributed by atoms with Crippen molar-refractivity contribution < 1.29 is 58.2 Å². The zero-order valence-corrected chi connectivity index (χ0v) is 46.5. The topological polar surface area (TPSA) is 436 Å². The standard InChI is InChI=1S/C53H90N14O12/c1-6-33(34-15-11-8-12-16-34)27-42(70)66-44(31(5)69)53(79)65-41(28-57)51(77)62-38-20-24-58-52(78)43(30(4)68)67-48(74)37(19-23-56)60-45(71)35(17-21-54)61-49(75)39(25-29(2)3)63-50(76)40(26-32-13-9-7-10-14-32)64-46(72)36(18-22-55)59-47(38)73/h7,9-10,13-14,29-31,33-41,43-44,68-69H,6,8,11-12,15-28,54-57H2,1-5H3,(H,58,78)(H,59,73)(H,60,71)(H,61,75)(H,62,77)(H,63,76)(H,64,72)(H,65,79)(H,66,70)(H,67,74)/t30?,31?,33?,35-,36-,37-,38-,39-,40+,41-,43?,44?/m0/s1. The predicted octanol–water partition coefficient (Wildman–Crippen LogP) is -4.08. The van der Waals surface area contributed by atoms with Gasteiger partial charge in [-0.05, 0) is 88.9 Å². The number of hydrogen-bond acceptors (Lipinski definition) is 16. The van der Waals surface area contributed by atoms with Gasteiger partial charge in [-0.1, -0.05) is 89.6 Å². The first-order valence-electron chi connectivity index (χ1n) is 27.8. The van der Waals surface area contributed by atoms with Gasteiger partial charge in [-0.25, -0.2) is 0 Å². The SMILES string of the molecule is CCC(CC(=O)NC(C(=O)N[C@@H](CN)C(=O)N[C@H]1CCNC(=O)C(C(C)O)NC(=O)[C@H](CCN)NC(=O)[C@H](CCN)NC(=O)[C@H](CC(C)C)NC(=O)[C@@H](Cc2ccccc2)NC(=O)[C@H](CCN)NC1=O)C(C)O)C1CCCCC1. The van der Waals surface area contributed by atoms with Crippen LogP contribution in [-0.4, -0.2) is 169 Å². The molecule has 0 aromatic heterocycles. The molecule has 26 heteroatoms. The highest BCUT2D eigenvalue weighted by Crippen LogP contribution is 2.33. The van der Waals surface area contributed by atoms with E-state index in [2.05, 4.69) is 53.2 Å². The van der Waals surface area contributed by atoms with E-state index >= 15 is 0 Å². The van der Waals surface area contributed by atoms with Crippen LogP contribution in [0.2, 0.25) is 0 Å². The highest BCUT2D eigenvalue weighted by atomic mass is 16.3. The fraction of sp³-hybridized carbons (Fsp3) is 0.698. The average molecular weight is 1120 g/mol. The van der Waals surface area contributed by atoms with Gasteiger partial charge in [-0.2, -0.15) is 0 Å². The molecular formula is C53H90N14O12. The van der Waals surface area contributed by atoms with Crippen molar-refractivity contribution in [3.63, 3.8) is 0 Å². The Kier molecular flexibility index (Phi) is 29.4. The summed E-state index contributed by atoms with van der Waals surface area (Å²) in [6.07, 6.45) is 2.25. The molecule has 1 aliphatic carbocycles. The summed E-state index contributed by atoms with van der Waals surface area (Å²) >= 11 is 0. The van der Waals surface area contributed by atoms with E-state index in [1.54, 1.807) is 44.2 Å². The van der Waals surface area contributed by atoms with E-state index in [9.17, 15) is 58.2 Å². The van der Waals surface area contributed by atoms with Crippen molar-refractivity contribution >= 4 is 59.1 Å². The molecule has 10 amide bonds. The van der Waals surface area contributed by atoms with Crippen LogP contribution in [0.15, 0.2) is 30.3 Å². The Hall–Kier alpha value is -6.32. The van der Waals surface area contributed by atoms with Gasteiger partial charge in [-0.15, -0.1) is 0 Å². The molecule has 2 aliphatic rings. The van der Waals surface area contributed by atoms with Crippen LogP contribution < -0.4 is 76.1 Å². The van der Waals surface area contributed by atoms with Crippen LogP contribution >= 0.6 is 0 Å². The molecule has 1 saturated carbocycles. The highest BCUT2D eigenvalue weighted by molar-refractivity contribution is 5.99. The normalized spacial score (nSPS) is 24.8. The van der Waals surface area contributed by atoms with Gasteiger partial charge < -0.3 is 86.3 Å². The molecule has 1 aliphatic heterocycles. The van der Waals surface area contributed by atoms with Crippen LogP contribution in [0.3, 0.4) is 0 Å². The van der Waals surface area contributed by atoms with E-state index in [1.165, 1.54) is 13.8 Å². The summed E-state index contributed by atoms with van der Waals surface area (Å²) in [7, 11) is 0. The van der Waals surface area contributed by atoms with Crippen LogP contribution in [0.25, 0.3) is 0 Å². The number of aliphatic hydroxyl groups excluding tert-OH is 2. The molecule has 79 heavy (non-hydrogen) atoms. The van der Waals surface area contributed by atoms with Gasteiger partial charge in [0, 0.05) is 25.9 Å². The maximum absolute atomic E-state index is 14.4. The molecule has 5 unspecified atom stereocenters. The van der Waals surface area contributed by atoms with Crippen molar-refractivity contribution in [2.75, 3.05) is 32.7 Å². The summed E-state index contributed by atoms with van der Waals surface area (Å²) in [5.41, 5.74) is 24.2. The van der Waals surface area contributed by atoms with Gasteiger partial charge in [0.2, 0.25) is 59.1 Å². The van der Waals surface area contributed by atoms with E-state index in [1.807, 2.05) is 6.92 Å². The van der Waals surface area contributed by atoms with E-state index < -0.39 is 145 Å². The largest absolute Gasteiger partial charge is 0.391 e. The molecule has 444 valence electrons. The average Bonchev–Trinajstić information content (AvgIpc) is 3.41. The minimum atomic E-state index is -1.66. The number of carbonyl (C=O) groups is 10. The van der Waals surface area contributed by atoms with E-state index in [0.29, 0.717) is 11.5 Å². The van der Waals surface area contributed by atoms with Gasteiger partial charge >= 0.3 is 0 Å². The van der Waals surface area contributed by atoms with Crippen molar-refractivity contribution in [2.24, 2.45) is 40.7 Å². The lowest BCUT2D eigenvalue weighted by Gasteiger charge is -2.30. The van der Waals surface area contributed by atoms with Crippen LogP contribution in [0.5, 0.6) is 0 Å². The maximum Gasteiger partial charge on any atom is 0.245 e. The van der Waals surface area contributed by atoms with Gasteiger partial charge in [0.1, 0.15) is 54.4 Å². The van der Waals surface area contributed by atoms with Crippen LogP contribution in [0.1, 0.15) is 117 Å². The first-order valence-corrected chi connectivity index (χ1v) is 27.8. The fourth-order valence-electron chi connectivity index (χ4n) is 9.70. The Bertz CT molecular complexity index is 2160. The minimum Gasteiger partial charge on any atom is -0.391 e. The molecule has 12 atom stereocenters. The molecule has 0 spiro atoms. The molecular weight excluding hydrogens is 1020 g/mol. The second-order valence-electron chi connectivity index (χ2n) is 21.1. The molecule has 0 radical (unpaired) electrons. The Morgan fingerprint density at radius 3 is 1.63 bits per heavy atom. The van der Waals surface area contributed by atoms with Crippen LogP contribution in [0, 0.1) is 17.8 Å². The lowest BCUT2D eigenvalue weighted by Crippen LogP contribution is -2.62. The summed E-state index contributed by atoms with van der Waals surface area (Å²) < 4.78 is 0. The number of carbonyl (C=O) groups excluding carboxylic acids is 10. The number of rotatable bonds is 22. The third kappa shape index (κ3) is 22.4. The van der Waals surface area contributed by atoms with Crippen molar-refractivity contribution in [3.05, 3.63) is 35.9 Å². The number of amides is 10. The summed E-state index contributed by atoms with van der Waals surface area (Å²) in [4.78, 5) is 140. The Labute approximate surface area is 463 Å². The van der Waals surface area contributed by atoms with Crippen molar-refractivity contribution in [1.82, 2.24) is 53.2 Å². The maximum atomic E-state index is 14.4. The zero-order chi connectivity index (χ0) is 58.8. The Morgan fingerprint density at radius 2 is 1.13 bits per heavy atom. The number of hydrogen-bond donors (Lipinski definition) is 16. The van der Waals surface area contributed by atoms with Crippen LogP contribution in [0.4, 0.5) is 0 Å². The zero-order valence-electron chi connectivity index (χ0n) is 46.5. The summed E-state index contributed by atoms with van der Waals surface area (Å²) in [6.45, 7) is 6.73. The van der Waals surface area contributed by atoms with Crippen LogP contribution in [-0.2, 0) is 54.4 Å². The van der Waals surface area contributed by atoms with E-state index in [0.717, 1.165) is 38.5 Å². The number of aliphatic hydroxyl groups is 2. The molecule has 1 heterocycles. The predicted molar refractivity (Wildman–Crippen MR) is 293 cm³/mol. The van der Waals surface area contributed by atoms with Gasteiger partial charge in [-0.3, -0.25) is 47.9 Å². The molecule has 1 aromatic rings. The number of benzene rings is 1. The van der Waals surface area contributed by atoms with E-state index in [-0.39, 0.29) is 70.0 Å². The monoisotopic (exact) mass is 1110 g/mol. The molecule has 26 nitrogen and oxygen atoms in total. The Balaban J connectivity index is 2.06.